The van der Waals surface area contributed by atoms with E-state index < -0.39 is 0 Å². The van der Waals surface area contributed by atoms with E-state index in [0.717, 1.165) is 12.1 Å². The summed E-state index contributed by atoms with van der Waals surface area (Å²) in [4.78, 5) is 25.8. The molecule has 1 aromatic heterocycles. The van der Waals surface area contributed by atoms with Gasteiger partial charge in [-0.25, -0.2) is 0 Å². The summed E-state index contributed by atoms with van der Waals surface area (Å²) in [7, 11) is 3.22. The molecule has 0 spiro atoms. The molecule has 1 aliphatic rings. The van der Waals surface area contributed by atoms with Crippen LogP contribution in [0.3, 0.4) is 0 Å². The van der Waals surface area contributed by atoms with Gasteiger partial charge in [0.1, 0.15) is 0 Å². The van der Waals surface area contributed by atoms with Gasteiger partial charge in [-0.1, -0.05) is 6.92 Å². The molecule has 1 amide bonds. The number of nitrogens with zero attached hydrogens (tertiary/aromatic N) is 3. The molecule has 0 radical (unpaired) electrons. The average molecular weight is 279 g/mol. The fraction of sp³-hybridized carbons (Fsp3) is 0.643. The minimum atomic E-state index is -0.173. The summed E-state index contributed by atoms with van der Waals surface area (Å²) in [5.41, 5.74) is 1.50. The Kier molecular flexibility index (Phi) is 4.42. The molecule has 0 saturated carbocycles. The molecule has 6 heteroatoms. The van der Waals surface area contributed by atoms with E-state index >= 15 is 0 Å². The number of methoxy groups -OCH3 is 1. The van der Waals surface area contributed by atoms with Crippen molar-refractivity contribution < 1.29 is 14.3 Å². The van der Waals surface area contributed by atoms with Crippen molar-refractivity contribution in [2.75, 3.05) is 20.2 Å². The lowest BCUT2D eigenvalue weighted by atomic mass is 9.96. The number of aromatic nitrogens is 2. The number of hydrogen-bond donors (Lipinski definition) is 0. The first-order chi connectivity index (χ1) is 9.56. The minimum Gasteiger partial charge on any atom is -0.469 e. The van der Waals surface area contributed by atoms with Crippen LogP contribution >= 0.6 is 0 Å². The summed E-state index contributed by atoms with van der Waals surface area (Å²) in [5.74, 6) is -0.241. The van der Waals surface area contributed by atoms with Crippen LogP contribution in [0.15, 0.2) is 6.20 Å². The van der Waals surface area contributed by atoms with Crippen molar-refractivity contribution >= 4 is 11.9 Å². The molecule has 2 rings (SSSR count). The number of carbonyl (C=O) groups excluding carboxylic acids is 2. The maximum absolute atomic E-state index is 12.5. The van der Waals surface area contributed by atoms with Gasteiger partial charge < -0.3 is 9.64 Å². The summed E-state index contributed by atoms with van der Waals surface area (Å²) < 4.78 is 6.43. The number of aryl methyl sites for hydroxylation is 2. The van der Waals surface area contributed by atoms with E-state index in [0.29, 0.717) is 31.5 Å². The Morgan fingerprint density at radius 2 is 2.05 bits per heavy atom. The number of esters is 1. The van der Waals surface area contributed by atoms with E-state index in [9.17, 15) is 9.59 Å². The van der Waals surface area contributed by atoms with Gasteiger partial charge in [0, 0.05) is 26.3 Å². The van der Waals surface area contributed by atoms with Crippen molar-refractivity contribution in [1.29, 1.82) is 0 Å². The Bertz CT molecular complexity index is 502. The second kappa shape index (κ2) is 6.07. The van der Waals surface area contributed by atoms with Gasteiger partial charge in [0.05, 0.1) is 24.3 Å². The van der Waals surface area contributed by atoms with Gasteiger partial charge in [-0.15, -0.1) is 0 Å². The van der Waals surface area contributed by atoms with Crippen LogP contribution in [0.1, 0.15) is 35.8 Å². The van der Waals surface area contributed by atoms with E-state index in [1.165, 1.54) is 7.11 Å². The third-order valence-corrected chi connectivity index (χ3v) is 3.79. The molecule has 0 N–H and O–H groups in total. The maximum Gasteiger partial charge on any atom is 0.308 e. The summed E-state index contributed by atoms with van der Waals surface area (Å²) in [6.45, 7) is 3.18. The standard InChI is InChI=1S/C14H21N3O3/c1-4-12-11(9-16(2)15-12)13(18)17-7-5-10(6-8-17)14(19)20-3/h9-10H,4-8H2,1-3H3. The zero-order valence-electron chi connectivity index (χ0n) is 12.3. The van der Waals surface area contributed by atoms with E-state index in [2.05, 4.69) is 5.10 Å². The van der Waals surface area contributed by atoms with E-state index in [-0.39, 0.29) is 17.8 Å². The topological polar surface area (TPSA) is 64.4 Å². The quantitative estimate of drug-likeness (QED) is 0.775. The Balaban J connectivity index is 2.03. The van der Waals surface area contributed by atoms with Crippen molar-refractivity contribution in [1.82, 2.24) is 14.7 Å². The Hall–Kier alpha value is -1.85. The lowest BCUT2D eigenvalue weighted by Crippen LogP contribution is -2.40. The second-order valence-electron chi connectivity index (χ2n) is 5.11. The molecule has 1 aromatic rings. The van der Waals surface area contributed by atoms with Crippen LogP contribution in [0.25, 0.3) is 0 Å². The molecular formula is C14H21N3O3. The van der Waals surface area contributed by atoms with Crippen LogP contribution in [-0.2, 0) is 23.0 Å². The Morgan fingerprint density at radius 3 is 2.60 bits per heavy atom. The van der Waals surface area contributed by atoms with Crippen LogP contribution in [-0.4, -0.2) is 46.8 Å². The zero-order valence-corrected chi connectivity index (χ0v) is 12.3. The molecular weight excluding hydrogens is 258 g/mol. The molecule has 0 aliphatic carbocycles. The fourth-order valence-electron chi connectivity index (χ4n) is 2.63. The number of carbonyl (C=O) groups is 2. The average Bonchev–Trinajstić information content (AvgIpc) is 2.87. The normalized spacial score (nSPS) is 16.2. The molecule has 1 aliphatic heterocycles. The van der Waals surface area contributed by atoms with Crippen LogP contribution in [0.2, 0.25) is 0 Å². The molecule has 0 atom stereocenters. The lowest BCUT2D eigenvalue weighted by molar-refractivity contribution is -0.146. The smallest absolute Gasteiger partial charge is 0.308 e. The number of hydrogen-bond acceptors (Lipinski definition) is 4. The van der Waals surface area contributed by atoms with Crippen molar-refractivity contribution in [3.63, 3.8) is 0 Å². The highest BCUT2D eigenvalue weighted by molar-refractivity contribution is 5.95. The van der Waals surface area contributed by atoms with E-state index in [1.54, 1.807) is 15.8 Å². The van der Waals surface area contributed by atoms with Crippen molar-refractivity contribution in [2.45, 2.75) is 26.2 Å². The van der Waals surface area contributed by atoms with Crippen molar-refractivity contribution in [2.24, 2.45) is 13.0 Å². The first kappa shape index (κ1) is 14.6. The van der Waals surface area contributed by atoms with Gasteiger partial charge in [0.25, 0.3) is 5.91 Å². The van der Waals surface area contributed by atoms with Crippen LogP contribution in [0.4, 0.5) is 0 Å². The first-order valence-electron chi connectivity index (χ1n) is 6.96. The molecule has 20 heavy (non-hydrogen) atoms. The largest absolute Gasteiger partial charge is 0.469 e. The van der Waals surface area contributed by atoms with Gasteiger partial charge in [-0.05, 0) is 19.3 Å². The number of piperidine rings is 1. The SMILES string of the molecule is CCc1nn(C)cc1C(=O)N1CCC(C(=O)OC)CC1. The summed E-state index contributed by atoms with van der Waals surface area (Å²) in [5, 5.41) is 4.30. The molecule has 0 bridgehead atoms. The highest BCUT2D eigenvalue weighted by atomic mass is 16.5. The van der Waals surface area contributed by atoms with Crippen molar-refractivity contribution in [3.05, 3.63) is 17.5 Å². The molecule has 1 saturated heterocycles. The maximum atomic E-state index is 12.5. The summed E-state index contributed by atoms with van der Waals surface area (Å²) in [6.07, 6.45) is 3.84. The van der Waals surface area contributed by atoms with E-state index in [1.807, 2.05) is 14.0 Å². The lowest BCUT2D eigenvalue weighted by Gasteiger charge is -2.30. The molecule has 0 unspecified atom stereocenters. The summed E-state index contributed by atoms with van der Waals surface area (Å²) >= 11 is 0. The third-order valence-electron chi connectivity index (χ3n) is 3.79. The second-order valence-corrected chi connectivity index (χ2v) is 5.11. The van der Waals surface area contributed by atoms with Gasteiger partial charge in [0.15, 0.2) is 0 Å². The molecule has 0 aromatic carbocycles. The van der Waals surface area contributed by atoms with Crippen molar-refractivity contribution in [3.8, 4) is 0 Å². The zero-order chi connectivity index (χ0) is 14.7. The molecule has 2 heterocycles. The predicted octanol–water partition coefficient (Wildman–Crippen LogP) is 1.01. The number of rotatable bonds is 3. The highest BCUT2D eigenvalue weighted by Gasteiger charge is 2.29. The fourth-order valence-corrected chi connectivity index (χ4v) is 2.63. The van der Waals surface area contributed by atoms with Crippen LogP contribution in [0.5, 0.6) is 0 Å². The summed E-state index contributed by atoms with van der Waals surface area (Å²) in [6, 6.07) is 0. The number of ether oxygens (including phenoxy) is 1. The van der Waals surface area contributed by atoms with Gasteiger partial charge in [0.2, 0.25) is 0 Å². The van der Waals surface area contributed by atoms with Crippen LogP contribution < -0.4 is 0 Å². The van der Waals surface area contributed by atoms with Gasteiger partial charge >= 0.3 is 5.97 Å². The van der Waals surface area contributed by atoms with Gasteiger partial charge in [-0.3, -0.25) is 14.3 Å². The monoisotopic (exact) mass is 279 g/mol. The van der Waals surface area contributed by atoms with E-state index in [4.69, 9.17) is 4.74 Å². The minimum absolute atomic E-state index is 0.0123. The molecule has 110 valence electrons. The Labute approximate surface area is 118 Å². The Morgan fingerprint density at radius 1 is 1.40 bits per heavy atom. The first-order valence-corrected chi connectivity index (χ1v) is 6.96. The third kappa shape index (κ3) is 2.84. The predicted molar refractivity (Wildman–Crippen MR) is 73.2 cm³/mol. The molecule has 1 fully saturated rings. The van der Waals surface area contributed by atoms with Crippen LogP contribution in [0, 0.1) is 5.92 Å². The molecule has 6 nitrogen and oxygen atoms in total. The number of likely N-dealkylation sites (tertiary alicyclic amines) is 1. The van der Waals surface area contributed by atoms with Gasteiger partial charge in [-0.2, -0.15) is 5.10 Å². The number of amides is 1. The highest BCUT2D eigenvalue weighted by Crippen LogP contribution is 2.21.